The molecule has 0 heterocycles. The zero-order valence-corrected chi connectivity index (χ0v) is 16.7. The number of halogens is 1. The highest BCUT2D eigenvalue weighted by atomic mass is 127. The Morgan fingerprint density at radius 3 is 1.47 bits per heavy atom. The summed E-state index contributed by atoms with van der Waals surface area (Å²) in [6, 6.07) is 1.81. The summed E-state index contributed by atoms with van der Waals surface area (Å²) in [5, 5.41) is 51.9. The second-order valence-electron chi connectivity index (χ2n) is 6.49. The van der Waals surface area contributed by atoms with Crippen LogP contribution in [0.15, 0.2) is 24.3 Å². The number of Topliss-reactive ketones (excluding diaryl/α,β-unsaturated/α-hetero) is 2. The summed E-state index contributed by atoms with van der Waals surface area (Å²) < 4.78 is 0.125. The third-order valence-corrected chi connectivity index (χ3v) is 5.59. The number of carbonyl (C=O) groups excluding carboxylic acids is 4. The van der Waals surface area contributed by atoms with Crippen molar-refractivity contribution in [1.29, 1.82) is 0 Å². The van der Waals surface area contributed by atoms with E-state index in [0.717, 1.165) is 12.1 Å². The van der Waals surface area contributed by atoms with E-state index in [2.05, 4.69) is 0 Å². The molecule has 2 aliphatic rings. The molecule has 0 aromatic heterocycles. The van der Waals surface area contributed by atoms with Gasteiger partial charge in [-0.2, -0.15) is 0 Å². The summed E-state index contributed by atoms with van der Waals surface area (Å²) in [5.74, 6) is -7.86. The standard InChI is InChI=1S/C20H9IO9/c21-5-1-6(22)15(14-8(24)3-11(27)19(29)13(5)14)16-7(23)2-10(26)18-17(16)9(25)4-12(28)20(18)30/h1-4,22-26H. The van der Waals surface area contributed by atoms with Gasteiger partial charge in [0.05, 0.1) is 11.1 Å². The molecular formula is C20H9IO9. The maximum atomic E-state index is 12.4. The molecule has 2 aromatic rings. The smallest absolute Gasteiger partial charge is 0.237 e. The molecule has 0 fully saturated rings. The first-order valence-electron chi connectivity index (χ1n) is 8.18. The van der Waals surface area contributed by atoms with E-state index in [1.165, 1.54) is 0 Å². The Hall–Kier alpha value is -3.67. The van der Waals surface area contributed by atoms with Gasteiger partial charge in [0, 0.05) is 44.0 Å². The van der Waals surface area contributed by atoms with Gasteiger partial charge in [0.25, 0.3) is 0 Å². The van der Waals surface area contributed by atoms with Crippen LogP contribution >= 0.6 is 22.6 Å². The van der Waals surface area contributed by atoms with E-state index in [0.29, 0.717) is 12.2 Å². The van der Waals surface area contributed by atoms with Crippen molar-refractivity contribution in [1.82, 2.24) is 0 Å². The fourth-order valence-electron chi connectivity index (χ4n) is 3.53. The van der Waals surface area contributed by atoms with Crippen LogP contribution in [0.25, 0.3) is 22.6 Å². The molecule has 0 aliphatic heterocycles. The Kier molecular flexibility index (Phi) is 4.20. The lowest BCUT2D eigenvalue weighted by atomic mass is 9.81. The molecule has 0 saturated heterocycles. The van der Waals surface area contributed by atoms with Gasteiger partial charge in [0.1, 0.15) is 28.8 Å². The van der Waals surface area contributed by atoms with E-state index in [1.54, 1.807) is 22.6 Å². The van der Waals surface area contributed by atoms with Crippen molar-refractivity contribution in [3.8, 4) is 28.4 Å². The fourth-order valence-corrected chi connectivity index (χ4v) is 4.34. The molecule has 0 atom stereocenters. The van der Waals surface area contributed by atoms with Crippen molar-refractivity contribution >= 4 is 57.2 Å². The maximum absolute atomic E-state index is 12.4. The van der Waals surface area contributed by atoms with Gasteiger partial charge < -0.3 is 25.5 Å². The zero-order valence-electron chi connectivity index (χ0n) is 14.6. The first kappa shape index (κ1) is 19.6. The summed E-state index contributed by atoms with van der Waals surface area (Å²) in [6.07, 6.45) is 1.21. The molecular weight excluding hydrogens is 511 g/mol. The van der Waals surface area contributed by atoms with Crippen LogP contribution in [-0.4, -0.2) is 48.7 Å². The van der Waals surface area contributed by atoms with Crippen LogP contribution in [0.2, 0.25) is 0 Å². The number of aliphatic hydroxyl groups excluding tert-OH is 2. The minimum Gasteiger partial charge on any atom is -0.507 e. The van der Waals surface area contributed by atoms with E-state index in [-0.39, 0.29) is 20.3 Å². The zero-order chi connectivity index (χ0) is 22.1. The average molecular weight is 520 g/mol. The third kappa shape index (κ3) is 2.53. The van der Waals surface area contributed by atoms with Crippen molar-refractivity contribution < 1.29 is 44.7 Å². The highest BCUT2D eigenvalue weighted by Gasteiger charge is 2.38. The van der Waals surface area contributed by atoms with Crippen molar-refractivity contribution in [2.45, 2.75) is 0 Å². The van der Waals surface area contributed by atoms with Gasteiger partial charge in [-0.25, -0.2) is 0 Å². The largest absolute Gasteiger partial charge is 0.507 e. The number of phenols is 3. The number of benzene rings is 2. The number of phenolic OH excluding ortho intramolecular Hbond substituents is 3. The lowest BCUT2D eigenvalue weighted by Gasteiger charge is -2.24. The van der Waals surface area contributed by atoms with Crippen LogP contribution in [0.1, 0.15) is 31.8 Å². The predicted octanol–water partition coefficient (Wildman–Crippen LogP) is 2.40. The van der Waals surface area contributed by atoms with E-state index < -0.39 is 68.6 Å². The number of fused-ring (bicyclic) bond motifs is 2. The van der Waals surface area contributed by atoms with E-state index >= 15 is 0 Å². The quantitative estimate of drug-likeness (QED) is 0.280. The Morgan fingerprint density at radius 2 is 0.933 bits per heavy atom. The number of allylic oxidation sites excluding steroid dienone is 2. The van der Waals surface area contributed by atoms with Crippen LogP contribution in [0.3, 0.4) is 0 Å². The summed E-state index contributed by atoms with van der Waals surface area (Å²) in [7, 11) is 0. The first-order valence-corrected chi connectivity index (χ1v) is 9.26. The van der Waals surface area contributed by atoms with Crippen LogP contribution < -0.4 is 0 Å². The molecule has 5 N–H and O–H groups in total. The van der Waals surface area contributed by atoms with Gasteiger partial charge in [-0.05, 0) is 28.7 Å². The van der Waals surface area contributed by atoms with Crippen LogP contribution in [0, 0.1) is 3.57 Å². The van der Waals surface area contributed by atoms with E-state index in [9.17, 15) is 44.7 Å². The average Bonchev–Trinajstić information content (AvgIpc) is 2.64. The Labute approximate surface area is 180 Å². The second-order valence-corrected chi connectivity index (χ2v) is 7.65. The third-order valence-electron chi connectivity index (χ3n) is 4.74. The SMILES string of the molecule is O=C1C=C(O)c2c(c(O)cc(O)c2-c2c(O)cc(I)c3c2C(O)=CC(=O)C3=O)C1=O. The van der Waals surface area contributed by atoms with Crippen LogP contribution in [0.4, 0.5) is 0 Å². The molecule has 10 heteroatoms. The Bertz CT molecular complexity index is 1210. The van der Waals surface area contributed by atoms with Gasteiger partial charge in [-0.15, -0.1) is 0 Å². The molecule has 0 spiro atoms. The molecule has 0 unspecified atom stereocenters. The molecule has 2 aromatic carbocycles. The molecule has 0 radical (unpaired) electrons. The molecule has 0 amide bonds. The Morgan fingerprint density at radius 1 is 0.533 bits per heavy atom. The topological polar surface area (TPSA) is 169 Å². The number of rotatable bonds is 1. The molecule has 0 saturated carbocycles. The summed E-state index contributed by atoms with van der Waals surface area (Å²) in [5.41, 5.74) is -2.48. The van der Waals surface area contributed by atoms with Crippen LogP contribution in [0.5, 0.6) is 17.2 Å². The summed E-state index contributed by atoms with van der Waals surface area (Å²) in [4.78, 5) is 48.4. The normalized spacial score (nSPS) is 15.5. The summed E-state index contributed by atoms with van der Waals surface area (Å²) in [6.45, 7) is 0. The van der Waals surface area contributed by atoms with Crippen molar-refractivity contribution in [3.05, 3.63) is 50.1 Å². The molecule has 30 heavy (non-hydrogen) atoms. The van der Waals surface area contributed by atoms with Gasteiger partial charge in [0.15, 0.2) is 0 Å². The molecule has 2 aliphatic carbocycles. The number of aromatic hydroxyl groups is 3. The first-order chi connectivity index (χ1) is 14.0. The Balaban J connectivity index is 2.22. The number of ketones is 4. The lowest BCUT2D eigenvalue weighted by molar-refractivity contribution is -0.111. The minimum absolute atomic E-state index is 0.125. The van der Waals surface area contributed by atoms with E-state index in [1.807, 2.05) is 0 Å². The van der Waals surface area contributed by atoms with Gasteiger partial charge in [0.2, 0.25) is 23.1 Å². The number of aliphatic hydroxyl groups is 2. The van der Waals surface area contributed by atoms with Crippen molar-refractivity contribution in [3.63, 3.8) is 0 Å². The maximum Gasteiger partial charge on any atom is 0.237 e. The highest BCUT2D eigenvalue weighted by molar-refractivity contribution is 14.1. The molecule has 0 bridgehead atoms. The fraction of sp³-hybridized carbons (Fsp3) is 0. The van der Waals surface area contributed by atoms with Gasteiger partial charge >= 0.3 is 0 Å². The number of hydrogen-bond acceptors (Lipinski definition) is 9. The van der Waals surface area contributed by atoms with Gasteiger partial charge in [-0.1, -0.05) is 0 Å². The van der Waals surface area contributed by atoms with Crippen LogP contribution in [-0.2, 0) is 9.59 Å². The number of hydrogen-bond donors (Lipinski definition) is 5. The molecule has 150 valence electrons. The number of carbonyl (C=O) groups is 4. The monoisotopic (exact) mass is 520 g/mol. The van der Waals surface area contributed by atoms with Crippen molar-refractivity contribution in [2.75, 3.05) is 0 Å². The predicted molar refractivity (Wildman–Crippen MR) is 109 cm³/mol. The highest BCUT2D eigenvalue weighted by Crippen LogP contribution is 2.50. The minimum atomic E-state index is -1.17. The summed E-state index contributed by atoms with van der Waals surface area (Å²) >= 11 is 1.67. The molecule has 9 nitrogen and oxygen atoms in total. The molecule has 4 rings (SSSR count). The van der Waals surface area contributed by atoms with E-state index in [4.69, 9.17) is 0 Å². The lowest BCUT2D eigenvalue weighted by Crippen LogP contribution is -2.22. The van der Waals surface area contributed by atoms with Gasteiger partial charge in [-0.3, -0.25) is 19.2 Å². The van der Waals surface area contributed by atoms with Crippen molar-refractivity contribution in [2.24, 2.45) is 0 Å². The second kappa shape index (κ2) is 6.42.